The number of fused-ring (bicyclic) bond motifs is 1. The Bertz CT molecular complexity index is 493. The van der Waals surface area contributed by atoms with E-state index in [2.05, 4.69) is 9.98 Å². The molecule has 0 fully saturated rings. The normalized spacial score (nSPS) is 13.2. The first-order valence-corrected chi connectivity index (χ1v) is 3.66. The number of carbonyl (C=O) groups is 1. The van der Waals surface area contributed by atoms with Gasteiger partial charge in [-0.15, -0.1) is 0 Å². The predicted octanol–water partition coefficient (Wildman–Crippen LogP) is -0.350. The second-order valence-electron chi connectivity index (χ2n) is 2.56. The highest BCUT2D eigenvalue weighted by Crippen LogP contribution is 2.13. The lowest BCUT2D eigenvalue weighted by atomic mass is 10.2. The maximum Gasteiger partial charge on any atom is 0.368 e. The number of nitrogens with two attached hydrogens (primary N) is 1. The molecule has 1 aliphatic heterocycles. The number of anilines is 1. The van der Waals surface area contributed by atoms with E-state index in [-0.39, 0.29) is 0 Å². The molecule has 1 heterocycles. The Balaban J connectivity index is 2.83. The number of nitrogen functional groups attached to an aromatic ring is 1. The van der Waals surface area contributed by atoms with E-state index in [0.29, 0.717) is 22.2 Å². The molecule has 0 saturated carbocycles. The Hall–Kier alpha value is -1.91. The fourth-order valence-corrected chi connectivity index (χ4v) is 1.19. The molecule has 1 aromatic carbocycles. The fraction of sp³-hybridized carbons (Fsp3) is 0.125. The van der Waals surface area contributed by atoms with Crippen LogP contribution in [0.2, 0.25) is 0 Å². The average molecular weight is 177 g/mol. The molecule has 2 amide bonds. The van der Waals surface area contributed by atoms with Crippen LogP contribution in [0.1, 0.15) is 0 Å². The van der Waals surface area contributed by atoms with Gasteiger partial charge in [0, 0.05) is 0 Å². The van der Waals surface area contributed by atoms with E-state index in [1.54, 1.807) is 12.1 Å². The van der Waals surface area contributed by atoms with Crippen LogP contribution in [-0.4, -0.2) is 13.1 Å². The van der Waals surface area contributed by atoms with Crippen LogP contribution in [0, 0.1) is 0 Å². The van der Waals surface area contributed by atoms with Crippen LogP contribution < -0.4 is 21.2 Å². The second-order valence-corrected chi connectivity index (χ2v) is 2.56. The van der Waals surface area contributed by atoms with E-state index in [0.717, 1.165) is 0 Å². The van der Waals surface area contributed by atoms with Crippen LogP contribution in [-0.2, 0) is 0 Å². The van der Waals surface area contributed by atoms with Crippen LogP contribution >= 0.6 is 0 Å². The summed E-state index contributed by atoms with van der Waals surface area (Å²) in [5, 5.41) is 0.910. The van der Waals surface area contributed by atoms with Crippen molar-refractivity contribution in [2.24, 2.45) is 9.98 Å². The molecule has 0 saturated heterocycles. The molecule has 2 N–H and O–H groups in total. The van der Waals surface area contributed by atoms with E-state index in [1.165, 1.54) is 7.11 Å². The monoisotopic (exact) mass is 177 g/mol. The second kappa shape index (κ2) is 2.55. The lowest BCUT2D eigenvalue weighted by Crippen LogP contribution is -2.25. The quantitative estimate of drug-likeness (QED) is 0.595. The van der Waals surface area contributed by atoms with Gasteiger partial charge in [-0.3, -0.25) is 0 Å². The van der Waals surface area contributed by atoms with Crippen molar-refractivity contribution < 1.29 is 9.53 Å². The topological polar surface area (TPSA) is 77.0 Å². The molecule has 13 heavy (non-hydrogen) atoms. The molecule has 0 spiro atoms. The maximum absolute atomic E-state index is 10.8. The minimum atomic E-state index is -0.519. The van der Waals surface area contributed by atoms with E-state index in [9.17, 15) is 4.79 Å². The third kappa shape index (κ3) is 1.05. The molecule has 1 aliphatic rings. The first-order valence-electron chi connectivity index (χ1n) is 3.66. The largest absolute Gasteiger partial charge is 0.495 e. The van der Waals surface area contributed by atoms with E-state index >= 15 is 0 Å². The van der Waals surface area contributed by atoms with Crippen LogP contribution in [0.25, 0.3) is 0 Å². The third-order valence-corrected chi connectivity index (χ3v) is 1.80. The highest BCUT2D eigenvalue weighted by molar-refractivity contribution is 5.78. The van der Waals surface area contributed by atoms with E-state index in [1.807, 2.05) is 0 Å². The SMILES string of the molecule is COc1ccc2c(c1N)=NC(=O)N=2. The van der Waals surface area contributed by atoms with Crippen molar-refractivity contribution in [2.45, 2.75) is 0 Å². The minimum Gasteiger partial charge on any atom is -0.495 e. The predicted molar refractivity (Wildman–Crippen MR) is 45.1 cm³/mol. The molecular formula is C8H7N3O2. The zero-order chi connectivity index (χ0) is 9.42. The molecule has 1 aromatic rings. The Morgan fingerprint density at radius 2 is 2.15 bits per heavy atom. The summed E-state index contributed by atoms with van der Waals surface area (Å²) in [4.78, 5) is 18.1. The number of urea groups is 1. The highest BCUT2D eigenvalue weighted by Gasteiger charge is 2.10. The molecule has 0 aromatic heterocycles. The molecule has 0 bridgehead atoms. The summed E-state index contributed by atoms with van der Waals surface area (Å²) < 4.78 is 4.97. The number of carbonyl (C=O) groups excluding carboxylic acids is 1. The molecule has 0 radical (unpaired) electrons. The summed E-state index contributed by atoms with van der Waals surface area (Å²) in [5.41, 5.74) is 6.03. The summed E-state index contributed by atoms with van der Waals surface area (Å²) in [6.07, 6.45) is 0. The lowest BCUT2D eigenvalue weighted by Gasteiger charge is -2.01. The van der Waals surface area contributed by atoms with Crippen molar-refractivity contribution in [1.82, 2.24) is 0 Å². The van der Waals surface area contributed by atoms with Crippen molar-refractivity contribution in [1.29, 1.82) is 0 Å². The van der Waals surface area contributed by atoms with E-state index in [4.69, 9.17) is 10.5 Å². The van der Waals surface area contributed by atoms with Gasteiger partial charge < -0.3 is 10.5 Å². The van der Waals surface area contributed by atoms with Gasteiger partial charge in [0.25, 0.3) is 0 Å². The van der Waals surface area contributed by atoms with Gasteiger partial charge in [-0.05, 0) is 12.1 Å². The number of ether oxygens (including phenoxy) is 1. The zero-order valence-corrected chi connectivity index (χ0v) is 6.94. The van der Waals surface area contributed by atoms with Crippen molar-refractivity contribution in [2.75, 3.05) is 12.8 Å². The van der Waals surface area contributed by atoms with Gasteiger partial charge in [-0.1, -0.05) is 0 Å². The standard InChI is InChI=1S/C8H7N3O2/c1-13-5-3-2-4-7(6(5)9)11-8(12)10-4/h2-3H,9H2,1H3. The number of rotatable bonds is 1. The van der Waals surface area contributed by atoms with Gasteiger partial charge in [0.2, 0.25) is 0 Å². The molecular weight excluding hydrogens is 170 g/mol. The van der Waals surface area contributed by atoms with E-state index < -0.39 is 6.03 Å². The summed E-state index contributed by atoms with van der Waals surface area (Å²) in [6, 6.07) is 2.79. The number of hydrogen-bond acceptors (Lipinski definition) is 3. The molecule has 0 atom stereocenters. The lowest BCUT2D eigenvalue weighted by molar-refractivity contribution is 0.256. The fourth-order valence-electron chi connectivity index (χ4n) is 1.19. The van der Waals surface area contributed by atoms with Crippen LogP contribution in [0.15, 0.2) is 22.1 Å². The minimum absolute atomic E-state index is 0.356. The van der Waals surface area contributed by atoms with Gasteiger partial charge in [0.15, 0.2) is 0 Å². The van der Waals surface area contributed by atoms with Gasteiger partial charge >= 0.3 is 6.03 Å². The zero-order valence-electron chi connectivity index (χ0n) is 6.94. The molecule has 0 unspecified atom stereocenters. The molecule has 5 heteroatoms. The first kappa shape index (κ1) is 7.72. The number of methoxy groups -OCH3 is 1. The maximum atomic E-state index is 10.8. The number of amides is 2. The number of hydrogen-bond donors (Lipinski definition) is 1. The Labute approximate surface area is 73.6 Å². The summed E-state index contributed by atoms with van der Waals surface area (Å²) in [7, 11) is 1.51. The Morgan fingerprint density at radius 3 is 2.85 bits per heavy atom. The third-order valence-electron chi connectivity index (χ3n) is 1.80. The number of benzene rings is 1. The molecule has 0 aliphatic carbocycles. The average Bonchev–Trinajstić information content (AvgIpc) is 2.47. The first-order chi connectivity index (χ1) is 6.22. The van der Waals surface area contributed by atoms with Crippen molar-refractivity contribution in [3.8, 4) is 5.75 Å². The molecule has 5 nitrogen and oxygen atoms in total. The summed E-state index contributed by atoms with van der Waals surface area (Å²) in [6.45, 7) is 0. The van der Waals surface area contributed by atoms with Gasteiger partial charge in [0.05, 0.1) is 12.5 Å². The smallest absolute Gasteiger partial charge is 0.368 e. The van der Waals surface area contributed by atoms with Crippen molar-refractivity contribution in [3.63, 3.8) is 0 Å². The van der Waals surface area contributed by atoms with Crippen LogP contribution in [0.5, 0.6) is 5.75 Å². The van der Waals surface area contributed by atoms with Crippen molar-refractivity contribution in [3.05, 3.63) is 22.8 Å². The Morgan fingerprint density at radius 1 is 1.38 bits per heavy atom. The van der Waals surface area contributed by atoms with Crippen LogP contribution in [0.4, 0.5) is 10.5 Å². The van der Waals surface area contributed by atoms with Gasteiger partial charge in [-0.2, -0.15) is 9.98 Å². The van der Waals surface area contributed by atoms with Gasteiger partial charge in [-0.25, -0.2) is 4.79 Å². The molecule has 2 rings (SSSR count). The summed E-state index contributed by atoms with van der Waals surface area (Å²) in [5.74, 6) is 0.507. The summed E-state index contributed by atoms with van der Waals surface area (Å²) >= 11 is 0. The van der Waals surface area contributed by atoms with Crippen LogP contribution in [0.3, 0.4) is 0 Å². The number of nitrogens with zero attached hydrogens (tertiary/aromatic N) is 2. The van der Waals surface area contributed by atoms with Gasteiger partial charge in [0.1, 0.15) is 16.8 Å². The Kier molecular flexibility index (Phi) is 1.51. The molecule has 66 valence electrons. The highest BCUT2D eigenvalue weighted by atomic mass is 16.5. The van der Waals surface area contributed by atoms with Crippen molar-refractivity contribution >= 4 is 11.7 Å².